The Labute approximate surface area is 85.3 Å². The molecular weight excluding hydrogens is 207 g/mol. The lowest BCUT2D eigenvalue weighted by Gasteiger charge is -2.36. The second-order valence-corrected chi connectivity index (χ2v) is 3.62. The second-order valence-electron chi connectivity index (χ2n) is 3.18. The predicted octanol–water partition coefficient (Wildman–Crippen LogP) is 1.15. The van der Waals surface area contributed by atoms with Gasteiger partial charge in [-0.05, 0) is 18.2 Å². The van der Waals surface area contributed by atoms with Gasteiger partial charge in [0, 0.05) is 10.7 Å². The molecule has 1 aromatic rings. The van der Waals surface area contributed by atoms with Crippen molar-refractivity contribution in [3.05, 3.63) is 29.0 Å². The van der Waals surface area contributed by atoms with Crippen molar-refractivity contribution in [2.24, 2.45) is 5.73 Å². The lowest BCUT2D eigenvalue weighted by atomic mass is 10.1. The van der Waals surface area contributed by atoms with E-state index in [4.69, 9.17) is 17.3 Å². The summed E-state index contributed by atoms with van der Waals surface area (Å²) in [6.07, 6.45) is 0. The van der Waals surface area contributed by atoms with Crippen LogP contribution in [0.15, 0.2) is 18.2 Å². The monoisotopic (exact) mass is 214 g/mol. The van der Waals surface area contributed by atoms with Gasteiger partial charge in [-0.2, -0.15) is 0 Å². The largest absolute Gasteiger partial charge is 0.318 e. The SMILES string of the molecule is NC1CN(c2cc(F)cc(Cl)c2)C1=O. The second kappa shape index (κ2) is 3.22. The average molecular weight is 215 g/mol. The molecule has 1 fully saturated rings. The van der Waals surface area contributed by atoms with Gasteiger partial charge >= 0.3 is 0 Å². The maximum Gasteiger partial charge on any atom is 0.245 e. The first kappa shape index (κ1) is 9.43. The number of anilines is 1. The van der Waals surface area contributed by atoms with E-state index in [1.807, 2.05) is 0 Å². The average Bonchev–Trinajstić information content (AvgIpc) is 2.11. The van der Waals surface area contributed by atoms with Crippen LogP contribution in [0.25, 0.3) is 0 Å². The highest BCUT2D eigenvalue weighted by Gasteiger charge is 2.34. The molecule has 5 heteroatoms. The molecule has 1 aliphatic rings. The topological polar surface area (TPSA) is 46.3 Å². The normalized spacial score (nSPS) is 20.9. The number of hydrogen-bond donors (Lipinski definition) is 1. The Bertz CT molecular complexity index is 376. The lowest BCUT2D eigenvalue weighted by molar-refractivity contribution is -0.123. The van der Waals surface area contributed by atoms with Gasteiger partial charge in [-0.1, -0.05) is 11.6 Å². The predicted molar refractivity (Wildman–Crippen MR) is 51.7 cm³/mol. The van der Waals surface area contributed by atoms with Gasteiger partial charge < -0.3 is 10.6 Å². The van der Waals surface area contributed by atoms with Crippen LogP contribution in [0, 0.1) is 5.82 Å². The van der Waals surface area contributed by atoms with Crippen LogP contribution >= 0.6 is 11.6 Å². The molecule has 1 aliphatic heterocycles. The maximum absolute atomic E-state index is 12.9. The molecule has 1 amide bonds. The van der Waals surface area contributed by atoms with E-state index in [0.717, 1.165) is 0 Å². The van der Waals surface area contributed by atoms with Crippen molar-refractivity contribution in [1.82, 2.24) is 0 Å². The summed E-state index contributed by atoms with van der Waals surface area (Å²) in [5, 5.41) is 0.272. The van der Waals surface area contributed by atoms with Crippen molar-refractivity contribution >= 4 is 23.2 Å². The van der Waals surface area contributed by atoms with Gasteiger partial charge in [0.1, 0.15) is 11.9 Å². The highest BCUT2D eigenvalue weighted by Crippen LogP contribution is 2.25. The molecule has 0 spiro atoms. The Balaban J connectivity index is 2.29. The van der Waals surface area contributed by atoms with Crippen molar-refractivity contribution < 1.29 is 9.18 Å². The first-order valence-corrected chi connectivity index (χ1v) is 4.49. The summed E-state index contributed by atoms with van der Waals surface area (Å²) in [4.78, 5) is 12.6. The zero-order valence-corrected chi connectivity index (χ0v) is 7.96. The fraction of sp³-hybridized carbons (Fsp3) is 0.222. The number of halogens is 2. The van der Waals surface area contributed by atoms with Crippen molar-refractivity contribution in [3.63, 3.8) is 0 Å². The molecule has 14 heavy (non-hydrogen) atoms. The molecule has 74 valence electrons. The Morgan fingerprint density at radius 3 is 2.71 bits per heavy atom. The van der Waals surface area contributed by atoms with Gasteiger partial charge in [0.15, 0.2) is 0 Å². The third-order valence-corrected chi connectivity index (χ3v) is 2.34. The molecule has 0 radical (unpaired) electrons. The fourth-order valence-corrected chi connectivity index (χ4v) is 1.60. The van der Waals surface area contributed by atoms with Crippen LogP contribution in [0.1, 0.15) is 0 Å². The molecule has 0 bridgehead atoms. The van der Waals surface area contributed by atoms with Gasteiger partial charge in [-0.25, -0.2) is 4.39 Å². The minimum Gasteiger partial charge on any atom is -0.318 e. The number of rotatable bonds is 1. The number of nitrogens with zero attached hydrogens (tertiary/aromatic N) is 1. The van der Waals surface area contributed by atoms with Crippen LogP contribution in [0.4, 0.5) is 10.1 Å². The summed E-state index contributed by atoms with van der Waals surface area (Å²) < 4.78 is 12.9. The van der Waals surface area contributed by atoms with Crippen LogP contribution in [0.3, 0.4) is 0 Å². The Hall–Kier alpha value is -1.13. The fourth-order valence-electron chi connectivity index (χ4n) is 1.38. The summed E-state index contributed by atoms with van der Waals surface area (Å²) in [5.74, 6) is -0.660. The molecule has 1 aromatic carbocycles. The Morgan fingerprint density at radius 2 is 2.21 bits per heavy atom. The van der Waals surface area contributed by atoms with Crippen molar-refractivity contribution in [2.45, 2.75) is 6.04 Å². The molecule has 3 nitrogen and oxygen atoms in total. The number of carbonyl (C=O) groups is 1. The Kier molecular flexibility index (Phi) is 2.17. The quantitative estimate of drug-likeness (QED) is 0.713. The number of nitrogens with two attached hydrogens (primary N) is 1. The molecule has 1 heterocycles. The van der Waals surface area contributed by atoms with Gasteiger partial charge in [0.05, 0.1) is 6.54 Å². The highest BCUT2D eigenvalue weighted by atomic mass is 35.5. The maximum atomic E-state index is 12.9. The number of β-lactam (4-membered cyclic amide) rings is 1. The number of hydrogen-bond acceptors (Lipinski definition) is 2. The van der Waals surface area contributed by atoms with Gasteiger partial charge in [0.25, 0.3) is 0 Å². The molecule has 0 saturated carbocycles. The first-order chi connectivity index (χ1) is 6.58. The first-order valence-electron chi connectivity index (χ1n) is 4.11. The van der Waals surface area contributed by atoms with Crippen molar-refractivity contribution in [2.75, 3.05) is 11.4 Å². The van der Waals surface area contributed by atoms with E-state index in [-0.39, 0.29) is 10.9 Å². The van der Waals surface area contributed by atoms with Crippen LogP contribution in [-0.2, 0) is 4.79 Å². The van der Waals surface area contributed by atoms with Gasteiger partial charge in [-0.3, -0.25) is 4.79 Å². The van der Waals surface area contributed by atoms with E-state index in [0.29, 0.717) is 12.2 Å². The molecule has 0 aliphatic carbocycles. The zero-order valence-electron chi connectivity index (χ0n) is 7.21. The summed E-state index contributed by atoms with van der Waals surface area (Å²) in [7, 11) is 0. The van der Waals surface area contributed by atoms with Crippen LogP contribution < -0.4 is 10.6 Å². The molecule has 2 rings (SSSR count). The molecule has 0 aromatic heterocycles. The summed E-state index contributed by atoms with van der Waals surface area (Å²) in [5.41, 5.74) is 5.87. The number of benzene rings is 1. The van der Waals surface area contributed by atoms with Gasteiger partial charge in [0.2, 0.25) is 5.91 Å². The summed E-state index contributed by atoms with van der Waals surface area (Å²) in [6, 6.07) is 3.52. The van der Waals surface area contributed by atoms with E-state index >= 15 is 0 Å². The molecule has 1 saturated heterocycles. The minimum absolute atomic E-state index is 0.202. The molecule has 2 N–H and O–H groups in total. The van der Waals surface area contributed by atoms with Crippen LogP contribution in [-0.4, -0.2) is 18.5 Å². The molecule has 1 atom stereocenters. The van der Waals surface area contributed by atoms with Crippen LogP contribution in [0.2, 0.25) is 5.02 Å². The van der Waals surface area contributed by atoms with Crippen LogP contribution in [0.5, 0.6) is 0 Å². The Morgan fingerprint density at radius 1 is 1.50 bits per heavy atom. The van der Waals surface area contributed by atoms with E-state index in [1.165, 1.54) is 23.1 Å². The molecule has 1 unspecified atom stereocenters. The zero-order chi connectivity index (χ0) is 10.3. The summed E-state index contributed by atoms with van der Waals surface area (Å²) >= 11 is 5.65. The van der Waals surface area contributed by atoms with E-state index in [9.17, 15) is 9.18 Å². The highest BCUT2D eigenvalue weighted by molar-refractivity contribution is 6.31. The lowest BCUT2D eigenvalue weighted by Crippen LogP contribution is -2.61. The van der Waals surface area contributed by atoms with E-state index < -0.39 is 11.9 Å². The number of carbonyl (C=O) groups excluding carboxylic acids is 1. The van der Waals surface area contributed by atoms with E-state index in [2.05, 4.69) is 0 Å². The third kappa shape index (κ3) is 1.47. The van der Waals surface area contributed by atoms with Crippen molar-refractivity contribution in [1.29, 1.82) is 0 Å². The number of amides is 1. The third-order valence-electron chi connectivity index (χ3n) is 2.12. The summed E-state index contributed by atoms with van der Waals surface area (Å²) in [6.45, 7) is 0.415. The minimum atomic E-state index is -0.461. The standard InChI is InChI=1S/C9H8ClFN2O/c10-5-1-6(11)3-7(2-5)13-4-8(12)9(13)14/h1-3,8H,4,12H2. The van der Waals surface area contributed by atoms with Crippen molar-refractivity contribution in [3.8, 4) is 0 Å². The smallest absolute Gasteiger partial charge is 0.245 e. The molecular formula is C9H8ClFN2O. The van der Waals surface area contributed by atoms with E-state index in [1.54, 1.807) is 0 Å². The van der Waals surface area contributed by atoms with Gasteiger partial charge in [-0.15, -0.1) is 0 Å².